The molecular formula is C22H25NO5. The number of carbonyl (C=O) groups is 4. The average Bonchev–Trinajstić information content (AvgIpc) is 2.99. The quantitative estimate of drug-likeness (QED) is 0.345. The van der Waals surface area contributed by atoms with Crippen molar-refractivity contribution < 1.29 is 23.9 Å². The van der Waals surface area contributed by atoms with Crippen molar-refractivity contribution in [2.75, 3.05) is 0 Å². The molecule has 0 N–H and O–H groups in total. The van der Waals surface area contributed by atoms with Crippen LogP contribution >= 0.6 is 0 Å². The van der Waals surface area contributed by atoms with Gasteiger partial charge in [0, 0.05) is 11.6 Å². The van der Waals surface area contributed by atoms with E-state index in [0.29, 0.717) is 37.0 Å². The molecule has 4 rings (SSSR count). The monoisotopic (exact) mass is 383 g/mol. The van der Waals surface area contributed by atoms with Gasteiger partial charge in [-0.15, -0.1) is 0 Å². The van der Waals surface area contributed by atoms with Gasteiger partial charge in [-0.05, 0) is 62.8 Å². The molecule has 2 aliphatic carbocycles. The van der Waals surface area contributed by atoms with Gasteiger partial charge >= 0.3 is 5.97 Å². The van der Waals surface area contributed by atoms with Crippen molar-refractivity contribution in [2.24, 2.45) is 17.8 Å². The molecule has 2 atom stereocenters. The van der Waals surface area contributed by atoms with Gasteiger partial charge in [-0.25, -0.2) is 0 Å². The van der Waals surface area contributed by atoms with Crippen LogP contribution in [0.4, 0.5) is 0 Å². The molecule has 1 aromatic carbocycles. The van der Waals surface area contributed by atoms with Gasteiger partial charge in [0.15, 0.2) is 0 Å². The third kappa shape index (κ3) is 3.48. The summed E-state index contributed by atoms with van der Waals surface area (Å²) in [5.41, 5.74) is 0.529. The number of likely N-dealkylation sites (tertiary alicyclic amines) is 1. The first kappa shape index (κ1) is 18.8. The van der Waals surface area contributed by atoms with E-state index in [2.05, 4.69) is 0 Å². The third-order valence-electron chi connectivity index (χ3n) is 6.51. The number of hydrogen-bond donors (Lipinski definition) is 0. The van der Waals surface area contributed by atoms with Crippen LogP contribution in [0, 0.1) is 17.8 Å². The van der Waals surface area contributed by atoms with Crippen LogP contribution in [-0.2, 0) is 14.4 Å². The van der Waals surface area contributed by atoms with E-state index >= 15 is 0 Å². The van der Waals surface area contributed by atoms with Crippen molar-refractivity contribution in [2.45, 2.75) is 57.4 Å². The Labute approximate surface area is 164 Å². The van der Waals surface area contributed by atoms with Crippen LogP contribution in [0.25, 0.3) is 0 Å². The Morgan fingerprint density at radius 3 is 2.00 bits per heavy atom. The molecule has 6 nitrogen and oxygen atoms in total. The lowest BCUT2D eigenvalue weighted by molar-refractivity contribution is -0.144. The van der Waals surface area contributed by atoms with Crippen molar-refractivity contribution in [3.63, 3.8) is 0 Å². The Balaban J connectivity index is 1.34. The highest BCUT2D eigenvalue weighted by molar-refractivity contribution is 6.05. The van der Waals surface area contributed by atoms with Gasteiger partial charge in [0.1, 0.15) is 12.0 Å². The molecule has 0 unspecified atom stereocenters. The topological polar surface area (TPSA) is 80.8 Å². The molecule has 2 saturated carbocycles. The Bertz CT molecular complexity index is 755. The first-order valence-electron chi connectivity index (χ1n) is 10.2. The number of hydrogen-bond acceptors (Lipinski definition) is 5. The molecule has 3 aliphatic rings. The number of ether oxygens (including phenoxy) is 1. The van der Waals surface area contributed by atoms with E-state index in [-0.39, 0.29) is 41.6 Å². The van der Waals surface area contributed by atoms with Gasteiger partial charge < -0.3 is 4.74 Å². The first-order chi connectivity index (χ1) is 13.6. The maximum atomic E-state index is 12.7. The molecule has 3 fully saturated rings. The summed E-state index contributed by atoms with van der Waals surface area (Å²) in [6, 6.07) is 6.35. The number of rotatable bonds is 4. The minimum atomic E-state index is -0.287. The molecule has 1 aromatic rings. The van der Waals surface area contributed by atoms with Gasteiger partial charge in [0.05, 0.1) is 17.8 Å². The van der Waals surface area contributed by atoms with Crippen LogP contribution in [0.3, 0.4) is 0 Å². The molecule has 28 heavy (non-hydrogen) atoms. The maximum Gasteiger partial charge on any atom is 0.314 e. The van der Waals surface area contributed by atoms with E-state index in [1.807, 2.05) is 0 Å². The Morgan fingerprint density at radius 1 is 0.893 bits per heavy atom. The lowest BCUT2D eigenvalue weighted by Crippen LogP contribution is -2.43. The van der Waals surface area contributed by atoms with Crippen molar-refractivity contribution in [1.29, 1.82) is 0 Å². The highest BCUT2D eigenvalue weighted by Crippen LogP contribution is 2.41. The Kier molecular flexibility index (Phi) is 5.29. The number of aldehydes is 1. The molecule has 1 heterocycles. The molecule has 2 amide bonds. The highest BCUT2D eigenvalue weighted by atomic mass is 16.5. The zero-order valence-corrected chi connectivity index (χ0v) is 15.8. The fraction of sp³-hybridized carbons (Fsp3) is 0.545. The highest BCUT2D eigenvalue weighted by Gasteiger charge is 2.50. The van der Waals surface area contributed by atoms with Crippen LogP contribution in [0.5, 0.6) is 5.75 Å². The number of imide groups is 1. The summed E-state index contributed by atoms with van der Waals surface area (Å²) in [6.07, 6.45) is 6.99. The second-order valence-electron chi connectivity index (χ2n) is 8.16. The molecule has 148 valence electrons. The van der Waals surface area contributed by atoms with Crippen LogP contribution in [0.1, 0.15) is 61.7 Å². The fourth-order valence-electron chi connectivity index (χ4n) is 4.93. The summed E-state index contributed by atoms with van der Waals surface area (Å²) in [5, 5.41) is 0. The molecule has 0 bridgehead atoms. The van der Waals surface area contributed by atoms with E-state index in [0.717, 1.165) is 32.0 Å². The molecule has 0 spiro atoms. The molecule has 1 aliphatic heterocycles. The van der Waals surface area contributed by atoms with Crippen molar-refractivity contribution >= 4 is 24.1 Å². The zero-order chi connectivity index (χ0) is 19.7. The maximum absolute atomic E-state index is 12.7. The van der Waals surface area contributed by atoms with Crippen LogP contribution in [-0.4, -0.2) is 35.0 Å². The summed E-state index contributed by atoms with van der Waals surface area (Å²) >= 11 is 0. The van der Waals surface area contributed by atoms with E-state index < -0.39 is 0 Å². The second-order valence-corrected chi connectivity index (χ2v) is 8.16. The van der Waals surface area contributed by atoms with E-state index in [4.69, 9.17) is 4.74 Å². The number of esters is 1. The summed E-state index contributed by atoms with van der Waals surface area (Å²) in [7, 11) is 0. The number of nitrogens with zero attached hydrogens (tertiary/aromatic N) is 1. The van der Waals surface area contributed by atoms with E-state index in [1.54, 1.807) is 24.3 Å². The summed E-state index contributed by atoms with van der Waals surface area (Å²) in [5.74, 6) is -0.294. The summed E-state index contributed by atoms with van der Waals surface area (Å²) in [6.45, 7) is 0. The fourth-order valence-corrected chi connectivity index (χ4v) is 4.93. The largest absolute Gasteiger partial charge is 0.426 e. The number of carbonyl (C=O) groups excluding carboxylic acids is 4. The summed E-state index contributed by atoms with van der Waals surface area (Å²) in [4.78, 5) is 50.2. The minimum Gasteiger partial charge on any atom is -0.426 e. The average molecular weight is 383 g/mol. The van der Waals surface area contributed by atoms with E-state index in [9.17, 15) is 19.2 Å². The molecule has 0 radical (unpaired) electrons. The van der Waals surface area contributed by atoms with Crippen LogP contribution in [0.2, 0.25) is 0 Å². The predicted molar refractivity (Wildman–Crippen MR) is 101 cm³/mol. The smallest absolute Gasteiger partial charge is 0.314 e. The van der Waals surface area contributed by atoms with Crippen molar-refractivity contribution in [3.8, 4) is 5.75 Å². The summed E-state index contributed by atoms with van der Waals surface area (Å²) < 4.78 is 5.43. The number of benzene rings is 1. The number of amides is 2. The van der Waals surface area contributed by atoms with Gasteiger partial charge in [0.25, 0.3) is 0 Å². The minimum absolute atomic E-state index is 0.0102. The second kappa shape index (κ2) is 7.86. The lowest BCUT2D eigenvalue weighted by Gasteiger charge is -2.32. The number of fused-ring (bicyclic) bond motifs is 1. The zero-order valence-electron chi connectivity index (χ0n) is 15.8. The van der Waals surface area contributed by atoms with Gasteiger partial charge in [-0.1, -0.05) is 12.8 Å². The Hall–Kier alpha value is -2.50. The normalized spacial score (nSPS) is 30.1. The molecular weight excluding hydrogens is 358 g/mol. The standard InChI is InChI=1S/C22H25NO5/c24-13-14-5-11-17(12-6-14)28-22(27)15-7-9-16(10-8-15)23-20(25)18-3-1-2-4-19(18)21(23)26/h5-6,11-13,15-16,18-19H,1-4,7-10H2/t15?,16?,18-,19-/m0/s1. The van der Waals surface area contributed by atoms with Crippen LogP contribution < -0.4 is 4.74 Å². The predicted octanol–water partition coefficient (Wildman–Crippen LogP) is 3.14. The first-order valence-corrected chi connectivity index (χ1v) is 10.2. The van der Waals surface area contributed by atoms with E-state index in [1.165, 1.54) is 4.90 Å². The lowest BCUT2D eigenvalue weighted by atomic mass is 9.81. The molecule has 1 saturated heterocycles. The molecule has 0 aromatic heterocycles. The Morgan fingerprint density at radius 2 is 1.46 bits per heavy atom. The third-order valence-corrected chi connectivity index (χ3v) is 6.51. The van der Waals surface area contributed by atoms with Crippen LogP contribution in [0.15, 0.2) is 24.3 Å². The van der Waals surface area contributed by atoms with Crippen molar-refractivity contribution in [1.82, 2.24) is 4.90 Å². The van der Waals surface area contributed by atoms with Gasteiger partial charge in [-0.3, -0.25) is 24.1 Å². The van der Waals surface area contributed by atoms with Gasteiger partial charge in [-0.2, -0.15) is 0 Å². The van der Waals surface area contributed by atoms with Crippen molar-refractivity contribution in [3.05, 3.63) is 29.8 Å². The molecule has 6 heteroatoms. The SMILES string of the molecule is O=Cc1ccc(OC(=O)C2CCC(N3C(=O)[C@H]4CCCC[C@@H]4C3=O)CC2)cc1. The van der Waals surface area contributed by atoms with Gasteiger partial charge in [0.2, 0.25) is 11.8 Å².